The zero-order chi connectivity index (χ0) is 30.4. The number of hydrogen-bond acceptors (Lipinski definition) is 4. The number of unbranched alkanes of at least 4 members (excludes halogenated alkanes) is 24. The number of hydrogen-bond donors (Lipinski definition) is 0. The minimum atomic E-state index is -0.806. The van der Waals surface area contributed by atoms with Crippen molar-refractivity contribution in [1.29, 1.82) is 0 Å². The Morgan fingerprint density at radius 2 is 0.732 bits per heavy atom. The molecule has 0 aromatic carbocycles. The van der Waals surface area contributed by atoms with Gasteiger partial charge in [-0.15, -0.1) is 0 Å². The zero-order valence-corrected chi connectivity index (χ0v) is 28.5. The van der Waals surface area contributed by atoms with Crippen LogP contribution in [-0.4, -0.2) is 23.6 Å². The first-order valence-corrected chi connectivity index (χ1v) is 18.2. The normalized spacial score (nSPS) is 12.4. The second-order valence-electron chi connectivity index (χ2n) is 13.2. The third-order valence-corrected chi connectivity index (χ3v) is 8.63. The molecular formula is C37H72O4. The van der Waals surface area contributed by atoms with E-state index in [4.69, 9.17) is 9.47 Å². The van der Waals surface area contributed by atoms with Crippen molar-refractivity contribution in [1.82, 2.24) is 0 Å². The second kappa shape index (κ2) is 29.0. The van der Waals surface area contributed by atoms with Gasteiger partial charge in [0.15, 0.2) is 0 Å². The van der Waals surface area contributed by atoms with E-state index in [-0.39, 0.29) is 11.9 Å². The number of ether oxygens (including phenoxy) is 2. The highest BCUT2D eigenvalue weighted by atomic mass is 16.6. The van der Waals surface area contributed by atoms with Gasteiger partial charge in [0, 0.05) is 12.8 Å². The van der Waals surface area contributed by atoms with Crippen molar-refractivity contribution in [3.05, 3.63) is 0 Å². The fourth-order valence-corrected chi connectivity index (χ4v) is 5.40. The molecule has 0 radical (unpaired) electrons. The molecule has 0 aromatic heterocycles. The Labute approximate surface area is 256 Å². The van der Waals surface area contributed by atoms with E-state index < -0.39 is 11.7 Å². The molecule has 244 valence electrons. The van der Waals surface area contributed by atoms with Crippen LogP contribution in [0.4, 0.5) is 0 Å². The summed E-state index contributed by atoms with van der Waals surface area (Å²) in [5.74, 6) is -0.362. The summed E-state index contributed by atoms with van der Waals surface area (Å²) < 4.78 is 11.3. The van der Waals surface area contributed by atoms with Gasteiger partial charge >= 0.3 is 11.9 Å². The van der Waals surface area contributed by atoms with Crippen LogP contribution in [0, 0.1) is 0 Å². The van der Waals surface area contributed by atoms with Crippen molar-refractivity contribution in [2.45, 2.75) is 226 Å². The van der Waals surface area contributed by atoms with E-state index in [1.807, 2.05) is 20.8 Å². The Bertz CT molecular complexity index is 585. The van der Waals surface area contributed by atoms with Gasteiger partial charge in [0.05, 0.1) is 0 Å². The molecule has 4 nitrogen and oxygen atoms in total. The van der Waals surface area contributed by atoms with Crippen LogP contribution in [0.5, 0.6) is 0 Å². The van der Waals surface area contributed by atoms with E-state index in [2.05, 4.69) is 13.8 Å². The fourth-order valence-electron chi connectivity index (χ4n) is 5.40. The summed E-state index contributed by atoms with van der Waals surface area (Å²) in [7, 11) is 0. The molecule has 41 heavy (non-hydrogen) atoms. The number of rotatable bonds is 31. The van der Waals surface area contributed by atoms with E-state index in [1.165, 1.54) is 141 Å². The number of esters is 2. The third kappa shape index (κ3) is 27.5. The van der Waals surface area contributed by atoms with Crippen molar-refractivity contribution in [2.75, 3.05) is 0 Å². The average Bonchev–Trinajstić information content (AvgIpc) is 2.93. The molecule has 0 aliphatic carbocycles. The fraction of sp³-hybridized carbons (Fsp3) is 0.946. The molecule has 1 atom stereocenters. The van der Waals surface area contributed by atoms with Crippen LogP contribution >= 0.6 is 0 Å². The quantitative estimate of drug-likeness (QED) is 0.0604. The van der Waals surface area contributed by atoms with Gasteiger partial charge in [-0.25, -0.2) is 0 Å². The number of carbonyl (C=O) groups excluding carboxylic acids is 2. The first-order chi connectivity index (χ1) is 19.8. The number of carbonyl (C=O) groups is 2. The van der Waals surface area contributed by atoms with Crippen LogP contribution < -0.4 is 0 Å². The Morgan fingerprint density at radius 1 is 0.463 bits per heavy atom. The molecule has 0 rings (SSSR count). The molecule has 0 N–H and O–H groups in total. The highest BCUT2D eigenvalue weighted by Crippen LogP contribution is 2.21. The molecule has 0 spiro atoms. The molecule has 0 aliphatic heterocycles. The van der Waals surface area contributed by atoms with Crippen molar-refractivity contribution >= 4 is 11.9 Å². The highest BCUT2D eigenvalue weighted by molar-refractivity contribution is 5.71. The van der Waals surface area contributed by atoms with Gasteiger partial charge in [0.2, 0.25) is 0 Å². The lowest BCUT2D eigenvalue weighted by Crippen LogP contribution is -2.41. The summed E-state index contributed by atoms with van der Waals surface area (Å²) in [5, 5.41) is 0. The molecular weight excluding hydrogens is 508 g/mol. The summed E-state index contributed by atoms with van der Waals surface area (Å²) in [4.78, 5) is 24.7. The lowest BCUT2D eigenvalue weighted by atomic mass is 10.0. The molecule has 0 fully saturated rings. The van der Waals surface area contributed by atoms with Gasteiger partial charge in [-0.1, -0.05) is 168 Å². The van der Waals surface area contributed by atoms with Gasteiger partial charge in [0.1, 0.15) is 11.7 Å². The minimum absolute atomic E-state index is 0.179. The largest absolute Gasteiger partial charge is 0.458 e. The Balaban J connectivity index is 3.69. The summed E-state index contributed by atoms with van der Waals surface area (Å²) in [5.41, 5.74) is -0.806. The van der Waals surface area contributed by atoms with Crippen molar-refractivity contribution in [2.24, 2.45) is 0 Å². The van der Waals surface area contributed by atoms with Crippen LogP contribution in [0.15, 0.2) is 0 Å². The summed E-state index contributed by atoms with van der Waals surface area (Å²) in [6.07, 6.45) is 34.0. The van der Waals surface area contributed by atoms with E-state index in [9.17, 15) is 9.59 Å². The predicted octanol–water partition coefficient (Wildman–Crippen LogP) is 12.2. The SMILES string of the molecule is CCCCCCCCCCCCCCCC(=O)OC(C)C(C)(C)OC(=O)CCCCCCCCCCCCCCC. The first-order valence-electron chi connectivity index (χ1n) is 18.2. The van der Waals surface area contributed by atoms with Crippen molar-refractivity contribution < 1.29 is 19.1 Å². The maximum absolute atomic E-state index is 12.4. The highest BCUT2D eigenvalue weighted by Gasteiger charge is 2.32. The molecule has 0 aliphatic rings. The van der Waals surface area contributed by atoms with E-state index in [0.29, 0.717) is 12.8 Å². The lowest BCUT2D eigenvalue weighted by Gasteiger charge is -2.31. The maximum atomic E-state index is 12.4. The van der Waals surface area contributed by atoms with Crippen molar-refractivity contribution in [3.63, 3.8) is 0 Å². The van der Waals surface area contributed by atoms with Crippen LogP contribution in [0.1, 0.15) is 214 Å². The zero-order valence-electron chi connectivity index (χ0n) is 28.5. The molecule has 0 saturated heterocycles. The van der Waals surface area contributed by atoms with Crippen LogP contribution in [0.25, 0.3) is 0 Å². The Morgan fingerprint density at radius 3 is 1.05 bits per heavy atom. The van der Waals surface area contributed by atoms with Crippen LogP contribution in [0.3, 0.4) is 0 Å². The van der Waals surface area contributed by atoms with Gasteiger partial charge in [-0.3, -0.25) is 9.59 Å². The van der Waals surface area contributed by atoms with Gasteiger partial charge in [-0.2, -0.15) is 0 Å². The monoisotopic (exact) mass is 581 g/mol. The van der Waals surface area contributed by atoms with Crippen LogP contribution in [-0.2, 0) is 19.1 Å². The molecule has 0 amide bonds. The average molecular weight is 581 g/mol. The Hall–Kier alpha value is -1.06. The van der Waals surface area contributed by atoms with E-state index in [0.717, 1.165) is 25.7 Å². The first kappa shape index (κ1) is 39.9. The second-order valence-corrected chi connectivity index (χ2v) is 13.2. The summed E-state index contributed by atoms with van der Waals surface area (Å²) >= 11 is 0. The molecule has 0 aromatic rings. The summed E-state index contributed by atoms with van der Waals surface area (Å²) in [6.45, 7) is 10.1. The van der Waals surface area contributed by atoms with Gasteiger partial charge < -0.3 is 9.47 Å². The van der Waals surface area contributed by atoms with Crippen molar-refractivity contribution in [3.8, 4) is 0 Å². The van der Waals surface area contributed by atoms with Crippen LogP contribution in [0.2, 0.25) is 0 Å². The molecule has 4 heteroatoms. The predicted molar refractivity (Wildman–Crippen MR) is 176 cm³/mol. The molecule has 1 unspecified atom stereocenters. The smallest absolute Gasteiger partial charge is 0.306 e. The Kier molecular flexibility index (Phi) is 28.3. The maximum Gasteiger partial charge on any atom is 0.306 e. The summed E-state index contributed by atoms with van der Waals surface area (Å²) in [6, 6.07) is 0. The molecule has 0 saturated carbocycles. The minimum Gasteiger partial charge on any atom is -0.458 e. The van der Waals surface area contributed by atoms with Gasteiger partial charge in [-0.05, 0) is 33.6 Å². The third-order valence-electron chi connectivity index (χ3n) is 8.63. The van der Waals surface area contributed by atoms with E-state index in [1.54, 1.807) is 0 Å². The standard InChI is InChI=1S/C37H72O4/c1-6-8-10-12-14-16-18-20-22-24-26-28-30-32-35(38)40-34(3)37(4,5)41-36(39)33-31-29-27-25-23-21-19-17-15-13-11-9-7-2/h34H,6-33H2,1-5H3. The lowest BCUT2D eigenvalue weighted by molar-refractivity contribution is -0.179. The molecule has 0 heterocycles. The van der Waals surface area contributed by atoms with Gasteiger partial charge in [0.25, 0.3) is 0 Å². The topological polar surface area (TPSA) is 52.6 Å². The van der Waals surface area contributed by atoms with E-state index >= 15 is 0 Å². The molecule has 0 bridgehead atoms.